The Morgan fingerprint density at radius 3 is 2.57 bits per heavy atom. The van der Waals surface area contributed by atoms with E-state index < -0.39 is 0 Å². The Morgan fingerprint density at radius 2 is 1.95 bits per heavy atom. The van der Waals surface area contributed by atoms with E-state index in [2.05, 4.69) is 75.9 Å². The van der Waals surface area contributed by atoms with Gasteiger partial charge in [-0.1, -0.05) is 41.1 Å². The number of rotatable bonds is 5. The highest BCUT2D eigenvalue weighted by atomic mass is 79.9. The molecule has 1 aromatic carbocycles. The maximum absolute atomic E-state index is 6.45. The number of nitrogens with two attached hydrogens (primary N) is 1. The summed E-state index contributed by atoms with van der Waals surface area (Å²) in [5.41, 5.74) is 11.1. The van der Waals surface area contributed by atoms with Gasteiger partial charge in [0.1, 0.15) is 0 Å². The summed E-state index contributed by atoms with van der Waals surface area (Å²) >= 11 is 7.34. The van der Waals surface area contributed by atoms with Gasteiger partial charge in [0.25, 0.3) is 0 Å². The Labute approximate surface area is 143 Å². The summed E-state index contributed by atoms with van der Waals surface area (Å²) in [5, 5.41) is 4.64. The van der Waals surface area contributed by atoms with Crippen LogP contribution in [0.3, 0.4) is 0 Å². The molecule has 0 amide bonds. The van der Waals surface area contributed by atoms with E-state index in [4.69, 9.17) is 5.73 Å². The van der Waals surface area contributed by atoms with E-state index in [0.717, 1.165) is 39.6 Å². The molecule has 0 spiro atoms. The third-order valence-corrected chi connectivity index (χ3v) is 5.73. The maximum atomic E-state index is 6.45. The monoisotopic (exact) mass is 413 g/mol. The fraction of sp³-hybridized carbons (Fsp3) is 0.438. The zero-order chi connectivity index (χ0) is 15.6. The molecule has 5 heteroatoms. The summed E-state index contributed by atoms with van der Waals surface area (Å²) in [5.74, 6) is 0. The summed E-state index contributed by atoms with van der Waals surface area (Å²) in [4.78, 5) is 0. The van der Waals surface area contributed by atoms with E-state index in [1.54, 1.807) is 0 Å². The molecule has 1 heterocycles. The average molecular weight is 415 g/mol. The molecular weight excluding hydrogens is 394 g/mol. The van der Waals surface area contributed by atoms with E-state index >= 15 is 0 Å². The van der Waals surface area contributed by atoms with Crippen molar-refractivity contribution in [2.75, 3.05) is 0 Å². The molecule has 3 nitrogen and oxygen atoms in total. The van der Waals surface area contributed by atoms with Crippen molar-refractivity contribution in [2.24, 2.45) is 5.73 Å². The number of hydrogen-bond acceptors (Lipinski definition) is 2. The van der Waals surface area contributed by atoms with Crippen molar-refractivity contribution in [1.29, 1.82) is 0 Å². The SMILES string of the molecule is CCc1nn(CC)c(CC(N)c2cccc(C)c2Br)c1Br. The molecule has 0 aliphatic heterocycles. The summed E-state index contributed by atoms with van der Waals surface area (Å²) in [6, 6.07) is 6.17. The van der Waals surface area contributed by atoms with Crippen molar-refractivity contribution in [3.63, 3.8) is 0 Å². The van der Waals surface area contributed by atoms with Crippen LogP contribution in [0.4, 0.5) is 0 Å². The zero-order valence-corrected chi connectivity index (χ0v) is 15.8. The molecule has 21 heavy (non-hydrogen) atoms. The fourth-order valence-electron chi connectivity index (χ4n) is 2.49. The lowest BCUT2D eigenvalue weighted by atomic mass is 10.0. The van der Waals surface area contributed by atoms with Crippen molar-refractivity contribution < 1.29 is 0 Å². The number of hydrogen-bond donors (Lipinski definition) is 1. The van der Waals surface area contributed by atoms with Crippen molar-refractivity contribution in [1.82, 2.24) is 9.78 Å². The van der Waals surface area contributed by atoms with Crippen LogP contribution in [0.2, 0.25) is 0 Å². The van der Waals surface area contributed by atoms with Gasteiger partial charge in [0.2, 0.25) is 0 Å². The van der Waals surface area contributed by atoms with Crippen molar-refractivity contribution in [2.45, 2.75) is 46.2 Å². The number of aromatic nitrogens is 2. The second kappa shape index (κ2) is 7.07. The average Bonchev–Trinajstić information content (AvgIpc) is 2.78. The molecule has 0 bridgehead atoms. The molecule has 0 saturated carbocycles. The predicted molar refractivity (Wildman–Crippen MR) is 94.5 cm³/mol. The molecule has 0 fully saturated rings. The van der Waals surface area contributed by atoms with E-state index in [-0.39, 0.29) is 6.04 Å². The molecule has 2 N–H and O–H groups in total. The molecule has 114 valence electrons. The smallest absolute Gasteiger partial charge is 0.0766 e. The highest BCUT2D eigenvalue weighted by Gasteiger charge is 2.19. The zero-order valence-electron chi connectivity index (χ0n) is 12.7. The highest BCUT2D eigenvalue weighted by molar-refractivity contribution is 9.10. The molecule has 0 aliphatic rings. The molecule has 1 aromatic heterocycles. The van der Waals surface area contributed by atoms with Gasteiger partial charge in [0.15, 0.2) is 0 Å². The first kappa shape index (κ1) is 16.7. The number of aryl methyl sites for hydroxylation is 3. The van der Waals surface area contributed by atoms with E-state index in [9.17, 15) is 0 Å². The molecule has 2 aromatic rings. The van der Waals surface area contributed by atoms with Crippen LogP contribution >= 0.6 is 31.9 Å². The molecular formula is C16H21Br2N3. The first-order valence-corrected chi connectivity index (χ1v) is 8.82. The quantitative estimate of drug-likeness (QED) is 0.780. The van der Waals surface area contributed by atoms with Gasteiger partial charge in [-0.3, -0.25) is 4.68 Å². The summed E-state index contributed by atoms with van der Waals surface area (Å²) in [6.45, 7) is 7.17. The minimum atomic E-state index is -0.0534. The van der Waals surface area contributed by atoms with E-state index in [1.807, 2.05) is 4.68 Å². The summed E-state index contributed by atoms with van der Waals surface area (Å²) in [6.07, 6.45) is 1.69. The minimum absolute atomic E-state index is 0.0534. The highest BCUT2D eigenvalue weighted by Crippen LogP contribution is 2.30. The fourth-order valence-corrected chi connectivity index (χ4v) is 3.77. The van der Waals surface area contributed by atoms with Gasteiger partial charge in [-0.15, -0.1) is 0 Å². The largest absolute Gasteiger partial charge is 0.324 e. The molecule has 0 saturated heterocycles. The van der Waals surface area contributed by atoms with E-state index in [1.165, 1.54) is 11.3 Å². The molecule has 2 rings (SSSR count). The molecule has 1 unspecified atom stereocenters. The second-order valence-electron chi connectivity index (χ2n) is 5.17. The first-order chi connectivity index (χ1) is 9.99. The lowest BCUT2D eigenvalue weighted by Gasteiger charge is -2.16. The Balaban J connectivity index is 2.33. The van der Waals surface area contributed by atoms with Crippen molar-refractivity contribution in [3.05, 3.63) is 49.7 Å². The maximum Gasteiger partial charge on any atom is 0.0766 e. The van der Waals surface area contributed by atoms with Crippen LogP contribution in [0.5, 0.6) is 0 Å². The Hall–Kier alpha value is -0.650. The van der Waals surface area contributed by atoms with Crippen LogP contribution < -0.4 is 5.73 Å². The van der Waals surface area contributed by atoms with Crippen LogP contribution in [0.1, 0.15) is 42.4 Å². The van der Waals surface area contributed by atoms with Crippen LogP contribution in [0.25, 0.3) is 0 Å². The van der Waals surface area contributed by atoms with Crippen LogP contribution in [0, 0.1) is 6.92 Å². The third-order valence-electron chi connectivity index (χ3n) is 3.73. The number of benzene rings is 1. The topological polar surface area (TPSA) is 43.8 Å². The van der Waals surface area contributed by atoms with Gasteiger partial charge in [-0.05, 0) is 47.3 Å². The number of nitrogens with zero attached hydrogens (tertiary/aromatic N) is 2. The van der Waals surface area contributed by atoms with Gasteiger partial charge in [-0.2, -0.15) is 5.10 Å². The van der Waals surface area contributed by atoms with Crippen LogP contribution in [-0.2, 0) is 19.4 Å². The van der Waals surface area contributed by atoms with Gasteiger partial charge in [0.05, 0.1) is 15.9 Å². The molecule has 0 radical (unpaired) electrons. The lowest BCUT2D eigenvalue weighted by Crippen LogP contribution is -2.17. The Bertz CT molecular complexity index is 635. The number of halogens is 2. The second-order valence-corrected chi connectivity index (χ2v) is 6.75. The van der Waals surface area contributed by atoms with E-state index in [0.29, 0.717) is 0 Å². The lowest BCUT2D eigenvalue weighted by molar-refractivity contribution is 0.584. The van der Waals surface area contributed by atoms with Gasteiger partial charge in [-0.25, -0.2) is 0 Å². The molecule has 0 aliphatic carbocycles. The third kappa shape index (κ3) is 3.41. The summed E-state index contributed by atoms with van der Waals surface area (Å²) in [7, 11) is 0. The predicted octanol–water partition coefficient (Wildman–Crippen LogP) is 4.54. The van der Waals surface area contributed by atoms with Crippen LogP contribution in [-0.4, -0.2) is 9.78 Å². The van der Waals surface area contributed by atoms with Crippen LogP contribution in [0.15, 0.2) is 27.1 Å². The summed E-state index contributed by atoms with van der Waals surface area (Å²) < 4.78 is 4.25. The minimum Gasteiger partial charge on any atom is -0.324 e. The Morgan fingerprint density at radius 1 is 1.24 bits per heavy atom. The van der Waals surface area contributed by atoms with Gasteiger partial charge >= 0.3 is 0 Å². The first-order valence-electron chi connectivity index (χ1n) is 7.24. The normalized spacial score (nSPS) is 12.7. The Kier molecular flexibility index (Phi) is 5.63. The van der Waals surface area contributed by atoms with Crippen molar-refractivity contribution >= 4 is 31.9 Å². The van der Waals surface area contributed by atoms with Gasteiger partial charge in [0, 0.05) is 23.5 Å². The van der Waals surface area contributed by atoms with Gasteiger partial charge < -0.3 is 5.73 Å². The van der Waals surface area contributed by atoms with Crippen molar-refractivity contribution in [3.8, 4) is 0 Å². The molecule has 1 atom stereocenters. The standard InChI is InChI=1S/C16H21Br2N3/c1-4-13-16(18)14(21(5-2)20-13)9-12(19)11-8-6-7-10(3)15(11)17/h6-8,12H,4-5,9,19H2,1-3H3.